The van der Waals surface area contributed by atoms with Crippen LogP contribution < -0.4 is 10.8 Å². The molecule has 2 aliphatic heterocycles. The van der Waals surface area contributed by atoms with Gasteiger partial charge in [-0.3, -0.25) is 4.84 Å². The average Bonchev–Trinajstić information content (AvgIpc) is 3.32. The zero-order chi connectivity index (χ0) is 32.8. The van der Waals surface area contributed by atoms with Gasteiger partial charge >= 0.3 is 12.4 Å². The molecule has 0 radical (unpaired) electrons. The van der Waals surface area contributed by atoms with Gasteiger partial charge in [0.15, 0.2) is 0 Å². The third-order valence-corrected chi connectivity index (χ3v) is 9.02. The van der Waals surface area contributed by atoms with Crippen LogP contribution in [0.2, 0.25) is 10.0 Å². The van der Waals surface area contributed by atoms with E-state index < -0.39 is 35.2 Å². The van der Waals surface area contributed by atoms with Crippen LogP contribution in [-0.4, -0.2) is 30.3 Å². The van der Waals surface area contributed by atoms with Crippen molar-refractivity contribution in [1.82, 2.24) is 10.8 Å². The number of aliphatic hydroxyl groups is 1. The third kappa shape index (κ3) is 9.59. The molecule has 4 unspecified atom stereocenters. The summed E-state index contributed by atoms with van der Waals surface area (Å²) in [5.74, 6) is -0.0213. The average molecular weight is 678 g/mol. The second-order valence-electron chi connectivity index (χ2n) is 11.5. The van der Waals surface area contributed by atoms with Gasteiger partial charge in [-0.05, 0) is 92.2 Å². The Labute approximate surface area is 269 Å². The highest BCUT2D eigenvalue weighted by atomic mass is 35.5. The molecule has 0 bridgehead atoms. The molecule has 3 aromatic rings. The molecule has 5 rings (SSSR count). The zero-order valence-electron chi connectivity index (χ0n) is 24.6. The lowest BCUT2D eigenvalue weighted by Crippen LogP contribution is -2.27. The van der Waals surface area contributed by atoms with Crippen molar-refractivity contribution in [2.24, 2.45) is 0 Å². The largest absolute Gasteiger partial charge is 0.416 e. The first-order chi connectivity index (χ1) is 21.2. The second-order valence-corrected chi connectivity index (χ2v) is 12.3. The van der Waals surface area contributed by atoms with Crippen LogP contribution in [0, 0.1) is 0 Å². The topological polar surface area (TPSA) is 53.5 Å². The van der Waals surface area contributed by atoms with E-state index in [1.807, 2.05) is 43.3 Å². The minimum absolute atomic E-state index is 0.0213. The van der Waals surface area contributed by atoms with Crippen LogP contribution in [0.4, 0.5) is 26.3 Å². The summed E-state index contributed by atoms with van der Waals surface area (Å²) in [6.45, 7) is 3.89. The van der Waals surface area contributed by atoms with E-state index in [-0.39, 0.29) is 30.0 Å². The molecule has 4 atom stereocenters. The highest BCUT2D eigenvalue weighted by Gasteiger charge is 2.38. The molecule has 2 fully saturated rings. The predicted octanol–water partition coefficient (Wildman–Crippen LogP) is 9.08. The molecular weight excluding hydrogens is 641 g/mol. The van der Waals surface area contributed by atoms with Gasteiger partial charge in [-0.2, -0.15) is 31.8 Å². The standard InChI is InChI=1S/C21H19Cl2F6NO.C12H17NO/c1-2-16(12-3-4-17(22)18(23)8-12)19-10-15(31-30-19)7-11-5-13(20(24,25)26)9-14(6-11)21(27,28)29;14-12(7-4-9-13-10-8-12)11-5-2-1-3-6-11/h3-6,8-9,15-16,19,30H,2,7,10H2,1H3;1-3,5-6,13-14H,4,7-10H2. The smallest absolute Gasteiger partial charge is 0.385 e. The Morgan fingerprint density at radius 3 is 2.16 bits per heavy atom. The Bertz CT molecular complexity index is 1360. The fourth-order valence-electron chi connectivity index (χ4n) is 5.92. The monoisotopic (exact) mass is 676 g/mol. The van der Waals surface area contributed by atoms with Crippen LogP contribution in [0.5, 0.6) is 0 Å². The van der Waals surface area contributed by atoms with Crippen molar-refractivity contribution in [1.29, 1.82) is 0 Å². The van der Waals surface area contributed by atoms with Gasteiger partial charge in [-0.25, -0.2) is 0 Å². The molecule has 3 N–H and O–H groups in total. The Hall–Kier alpha value is -2.34. The van der Waals surface area contributed by atoms with Crippen LogP contribution in [-0.2, 0) is 29.2 Å². The van der Waals surface area contributed by atoms with E-state index >= 15 is 0 Å². The number of rotatable bonds is 6. The SMILES string of the molecule is CCC(c1ccc(Cl)c(Cl)c1)C1CC(Cc2cc(C(F)(F)F)cc(C(F)(F)F)c2)ON1.OC1(c2ccccc2)CCCNCC1. The molecule has 2 saturated heterocycles. The van der Waals surface area contributed by atoms with Gasteiger partial charge in [0.2, 0.25) is 0 Å². The molecule has 4 nitrogen and oxygen atoms in total. The fraction of sp³-hybridized carbons (Fsp3) is 0.455. The summed E-state index contributed by atoms with van der Waals surface area (Å²) in [4.78, 5) is 5.51. The maximum atomic E-state index is 13.1. The fourth-order valence-corrected chi connectivity index (χ4v) is 6.22. The van der Waals surface area contributed by atoms with Crippen LogP contribution in [0.25, 0.3) is 0 Å². The number of alkyl halides is 6. The van der Waals surface area contributed by atoms with Gasteiger partial charge in [-0.1, -0.05) is 66.5 Å². The van der Waals surface area contributed by atoms with Crippen molar-refractivity contribution in [3.05, 3.63) is 105 Å². The lowest BCUT2D eigenvalue weighted by atomic mass is 9.86. The van der Waals surface area contributed by atoms with Crippen molar-refractivity contribution in [3.63, 3.8) is 0 Å². The first kappa shape index (κ1) is 35.5. The second kappa shape index (κ2) is 15.0. The number of hydroxylamine groups is 1. The summed E-state index contributed by atoms with van der Waals surface area (Å²) >= 11 is 12.1. The Balaban J connectivity index is 0.000000273. The summed E-state index contributed by atoms with van der Waals surface area (Å²) in [7, 11) is 0. The molecule has 0 aromatic heterocycles. The molecular formula is C33H36Cl2F6N2O2. The summed E-state index contributed by atoms with van der Waals surface area (Å²) in [6, 6.07) is 16.7. The van der Waals surface area contributed by atoms with Gasteiger partial charge in [0, 0.05) is 18.4 Å². The van der Waals surface area contributed by atoms with E-state index in [4.69, 9.17) is 28.0 Å². The molecule has 2 aliphatic rings. The van der Waals surface area contributed by atoms with E-state index in [1.165, 1.54) is 0 Å². The minimum Gasteiger partial charge on any atom is -0.385 e. The number of nitrogens with one attached hydrogen (secondary N) is 2. The molecule has 2 heterocycles. The summed E-state index contributed by atoms with van der Waals surface area (Å²) < 4.78 is 78.5. The van der Waals surface area contributed by atoms with Crippen molar-refractivity contribution in [2.45, 2.75) is 81.5 Å². The first-order valence-electron chi connectivity index (χ1n) is 14.8. The van der Waals surface area contributed by atoms with E-state index in [1.54, 1.807) is 12.1 Å². The van der Waals surface area contributed by atoms with Gasteiger partial charge in [0.05, 0.1) is 32.9 Å². The minimum atomic E-state index is -4.88. The summed E-state index contributed by atoms with van der Waals surface area (Å²) in [5, 5.41) is 14.6. The highest BCUT2D eigenvalue weighted by Crippen LogP contribution is 2.38. The van der Waals surface area contributed by atoms with Crippen LogP contribution in [0.1, 0.15) is 72.8 Å². The van der Waals surface area contributed by atoms with Crippen LogP contribution in [0.15, 0.2) is 66.7 Å². The van der Waals surface area contributed by atoms with Crippen molar-refractivity contribution in [2.75, 3.05) is 13.1 Å². The number of benzene rings is 3. The molecule has 0 spiro atoms. The Morgan fingerprint density at radius 1 is 0.889 bits per heavy atom. The van der Waals surface area contributed by atoms with Crippen molar-refractivity contribution >= 4 is 23.2 Å². The first-order valence-corrected chi connectivity index (χ1v) is 15.6. The van der Waals surface area contributed by atoms with Gasteiger partial charge in [0.25, 0.3) is 0 Å². The van der Waals surface area contributed by atoms with Crippen LogP contribution in [0.3, 0.4) is 0 Å². The number of halogens is 8. The molecule has 45 heavy (non-hydrogen) atoms. The van der Waals surface area contributed by atoms with E-state index in [0.29, 0.717) is 22.9 Å². The van der Waals surface area contributed by atoms with Crippen molar-refractivity contribution in [3.8, 4) is 0 Å². The van der Waals surface area contributed by atoms with E-state index in [2.05, 4.69) is 10.8 Å². The molecule has 246 valence electrons. The lowest BCUT2D eigenvalue weighted by Gasteiger charge is -2.26. The molecule has 0 amide bonds. The highest BCUT2D eigenvalue weighted by molar-refractivity contribution is 6.42. The number of hydrogen-bond acceptors (Lipinski definition) is 4. The zero-order valence-corrected chi connectivity index (χ0v) is 26.1. The van der Waals surface area contributed by atoms with Crippen LogP contribution >= 0.6 is 23.2 Å². The van der Waals surface area contributed by atoms with Gasteiger partial charge in [0.1, 0.15) is 0 Å². The normalized spacial score (nSPS) is 23.2. The third-order valence-electron chi connectivity index (χ3n) is 8.28. The summed E-state index contributed by atoms with van der Waals surface area (Å²) in [5.41, 5.74) is 1.50. The van der Waals surface area contributed by atoms with Crippen molar-refractivity contribution < 1.29 is 36.3 Å². The Morgan fingerprint density at radius 2 is 1.56 bits per heavy atom. The molecule has 0 aliphatic carbocycles. The Kier molecular flexibility index (Phi) is 11.9. The molecule has 0 saturated carbocycles. The quantitative estimate of drug-likeness (QED) is 0.228. The maximum Gasteiger partial charge on any atom is 0.416 e. The summed E-state index contributed by atoms with van der Waals surface area (Å²) in [6.07, 6.45) is -6.57. The molecule has 12 heteroatoms. The van der Waals surface area contributed by atoms with E-state index in [0.717, 1.165) is 55.6 Å². The number of hydrogen-bond donors (Lipinski definition) is 3. The molecule has 3 aromatic carbocycles. The maximum absolute atomic E-state index is 13.1. The lowest BCUT2D eigenvalue weighted by molar-refractivity contribution is -0.143. The van der Waals surface area contributed by atoms with Gasteiger partial charge in [-0.15, -0.1) is 0 Å². The van der Waals surface area contributed by atoms with Gasteiger partial charge < -0.3 is 10.4 Å². The van der Waals surface area contributed by atoms with E-state index in [9.17, 15) is 31.4 Å². The predicted molar refractivity (Wildman–Crippen MR) is 163 cm³/mol.